The third-order valence-corrected chi connectivity index (χ3v) is 4.24. The van der Waals surface area contributed by atoms with E-state index in [1.54, 1.807) is 0 Å². The number of carbonyl (C=O) groups is 1. The molecule has 118 valence electrons. The lowest BCUT2D eigenvalue weighted by Gasteiger charge is -2.20. The predicted molar refractivity (Wildman–Crippen MR) is 87.0 cm³/mol. The average molecular weight is 301 g/mol. The maximum absolute atomic E-state index is 11.9. The summed E-state index contributed by atoms with van der Waals surface area (Å²) in [5.41, 5.74) is 2.36. The van der Waals surface area contributed by atoms with Crippen LogP contribution < -0.4 is 10.6 Å². The lowest BCUT2D eigenvalue weighted by molar-refractivity contribution is 0.0860. The lowest BCUT2D eigenvalue weighted by Crippen LogP contribution is -2.46. The van der Waals surface area contributed by atoms with Gasteiger partial charge in [0.25, 0.3) is 0 Å². The normalized spacial score (nSPS) is 19.2. The quantitative estimate of drug-likeness (QED) is 0.794. The van der Waals surface area contributed by atoms with Crippen LogP contribution in [0.15, 0.2) is 30.5 Å². The van der Waals surface area contributed by atoms with Crippen molar-refractivity contribution in [3.05, 3.63) is 36.0 Å². The summed E-state index contributed by atoms with van der Waals surface area (Å²) in [6.07, 6.45) is 5.08. The highest BCUT2D eigenvalue weighted by molar-refractivity contribution is 5.83. The molecule has 5 heteroatoms. The maximum Gasteiger partial charge on any atom is 0.315 e. The Morgan fingerprint density at radius 3 is 3.14 bits per heavy atom. The van der Waals surface area contributed by atoms with Crippen LogP contribution in [0.4, 0.5) is 4.79 Å². The Morgan fingerprint density at radius 1 is 1.45 bits per heavy atom. The lowest BCUT2D eigenvalue weighted by atomic mass is 10.1. The minimum atomic E-state index is -0.122. The summed E-state index contributed by atoms with van der Waals surface area (Å²) < 4.78 is 5.58. The molecule has 2 aromatic rings. The third kappa shape index (κ3) is 3.42. The number of benzene rings is 1. The van der Waals surface area contributed by atoms with Crippen LogP contribution in [0, 0.1) is 0 Å². The Hall–Kier alpha value is -2.01. The number of aromatic amines is 1. The van der Waals surface area contributed by atoms with E-state index in [-0.39, 0.29) is 18.2 Å². The zero-order valence-electron chi connectivity index (χ0n) is 12.9. The number of ether oxygens (including phenoxy) is 1. The van der Waals surface area contributed by atoms with Crippen molar-refractivity contribution < 1.29 is 9.53 Å². The van der Waals surface area contributed by atoms with Crippen molar-refractivity contribution >= 4 is 16.9 Å². The summed E-state index contributed by atoms with van der Waals surface area (Å²) in [7, 11) is 0. The van der Waals surface area contributed by atoms with Crippen molar-refractivity contribution in [2.75, 3.05) is 13.2 Å². The van der Waals surface area contributed by atoms with Crippen LogP contribution in [0.2, 0.25) is 0 Å². The van der Waals surface area contributed by atoms with E-state index in [0.717, 1.165) is 31.4 Å². The standard InChI is InChI=1S/C17H23N3O2/c1-12(16-7-4-10-22-16)20-17(21)18-9-8-13-11-19-15-6-3-2-5-14(13)15/h2-3,5-6,11-12,16,19H,4,7-10H2,1H3,(H2,18,20,21)/t12-,16+/m1/s1. The molecule has 0 spiro atoms. The number of nitrogens with one attached hydrogen (secondary N) is 3. The molecule has 0 bridgehead atoms. The Labute approximate surface area is 130 Å². The van der Waals surface area contributed by atoms with Crippen LogP contribution >= 0.6 is 0 Å². The summed E-state index contributed by atoms with van der Waals surface area (Å²) in [5.74, 6) is 0. The molecule has 1 aromatic carbocycles. The molecular weight excluding hydrogens is 278 g/mol. The van der Waals surface area contributed by atoms with Gasteiger partial charge in [-0.3, -0.25) is 0 Å². The Balaban J connectivity index is 1.45. The van der Waals surface area contributed by atoms with Crippen molar-refractivity contribution in [2.45, 2.75) is 38.3 Å². The van der Waals surface area contributed by atoms with Crippen LogP contribution in [-0.2, 0) is 11.2 Å². The van der Waals surface area contributed by atoms with Gasteiger partial charge in [-0.2, -0.15) is 0 Å². The number of fused-ring (bicyclic) bond motifs is 1. The van der Waals surface area contributed by atoms with Crippen molar-refractivity contribution in [1.29, 1.82) is 0 Å². The molecule has 1 aliphatic rings. The molecule has 2 heterocycles. The highest BCUT2D eigenvalue weighted by atomic mass is 16.5. The van der Waals surface area contributed by atoms with Gasteiger partial charge in [0.15, 0.2) is 0 Å². The number of amides is 2. The molecular formula is C17H23N3O2. The molecule has 3 N–H and O–H groups in total. The summed E-state index contributed by atoms with van der Waals surface area (Å²) >= 11 is 0. The Morgan fingerprint density at radius 2 is 2.32 bits per heavy atom. The number of para-hydroxylation sites is 1. The van der Waals surface area contributed by atoms with Crippen LogP contribution in [0.3, 0.4) is 0 Å². The zero-order chi connectivity index (χ0) is 15.4. The van der Waals surface area contributed by atoms with Gasteiger partial charge in [-0.25, -0.2) is 4.79 Å². The number of urea groups is 1. The molecule has 1 aromatic heterocycles. The van der Waals surface area contributed by atoms with E-state index in [1.165, 1.54) is 10.9 Å². The first-order valence-corrected chi connectivity index (χ1v) is 7.95. The largest absolute Gasteiger partial charge is 0.376 e. The number of hydrogen-bond acceptors (Lipinski definition) is 2. The van der Waals surface area contributed by atoms with Gasteiger partial charge in [0, 0.05) is 30.3 Å². The van der Waals surface area contributed by atoms with Crippen molar-refractivity contribution in [3.8, 4) is 0 Å². The number of hydrogen-bond donors (Lipinski definition) is 3. The summed E-state index contributed by atoms with van der Waals surface area (Å²) in [6, 6.07) is 8.13. The summed E-state index contributed by atoms with van der Waals surface area (Å²) in [5, 5.41) is 7.10. The fourth-order valence-electron chi connectivity index (χ4n) is 3.00. The molecule has 1 fully saturated rings. The van der Waals surface area contributed by atoms with Gasteiger partial charge in [-0.05, 0) is 37.8 Å². The SMILES string of the molecule is C[C@@H](NC(=O)NCCc1c[nH]c2ccccc12)[C@@H]1CCCO1. The van der Waals surface area contributed by atoms with Crippen LogP contribution in [0.5, 0.6) is 0 Å². The molecule has 22 heavy (non-hydrogen) atoms. The zero-order valence-corrected chi connectivity index (χ0v) is 12.9. The monoisotopic (exact) mass is 301 g/mol. The summed E-state index contributed by atoms with van der Waals surface area (Å²) in [4.78, 5) is 15.2. The average Bonchev–Trinajstić information content (AvgIpc) is 3.17. The van der Waals surface area contributed by atoms with Gasteiger partial charge in [-0.15, -0.1) is 0 Å². The van der Waals surface area contributed by atoms with Crippen LogP contribution in [0.25, 0.3) is 10.9 Å². The number of aromatic nitrogens is 1. The van der Waals surface area contributed by atoms with Gasteiger partial charge >= 0.3 is 6.03 Å². The minimum absolute atomic E-state index is 0.0515. The first-order chi connectivity index (χ1) is 10.7. The van der Waals surface area contributed by atoms with E-state index in [2.05, 4.69) is 27.8 Å². The molecule has 0 radical (unpaired) electrons. The molecule has 0 saturated carbocycles. The van der Waals surface area contributed by atoms with Crippen molar-refractivity contribution in [2.24, 2.45) is 0 Å². The molecule has 2 atom stereocenters. The van der Waals surface area contributed by atoms with Gasteiger partial charge in [0.1, 0.15) is 0 Å². The van der Waals surface area contributed by atoms with E-state index in [0.29, 0.717) is 6.54 Å². The first-order valence-electron chi connectivity index (χ1n) is 7.95. The van der Waals surface area contributed by atoms with E-state index < -0.39 is 0 Å². The highest BCUT2D eigenvalue weighted by Gasteiger charge is 2.23. The van der Waals surface area contributed by atoms with Gasteiger partial charge in [-0.1, -0.05) is 18.2 Å². The predicted octanol–water partition coefficient (Wildman–Crippen LogP) is 2.58. The van der Waals surface area contributed by atoms with Crippen LogP contribution in [-0.4, -0.2) is 36.3 Å². The second-order valence-electron chi connectivity index (χ2n) is 5.85. The highest BCUT2D eigenvalue weighted by Crippen LogP contribution is 2.18. The fraction of sp³-hybridized carbons (Fsp3) is 0.471. The Kier molecular flexibility index (Phi) is 4.63. The minimum Gasteiger partial charge on any atom is -0.376 e. The molecule has 1 aliphatic heterocycles. The van der Waals surface area contributed by atoms with E-state index in [9.17, 15) is 4.79 Å². The second-order valence-corrected chi connectivity index (χ2v) is 5.85. The number of H-pyrrole nitrogens is 1. The van der Waals surface area contributed by atoms with E-state index in [1.807, 2.05) is 25.3 Å². The van der Waals surface area contributed by atoms with Crippen molar-refractivity contribution in [1.82, 2.24) is 15.6 Å². The molecule has 2 amide bonds. The molecule has 1 saturated heterocycles. The van der Waals surface area contributed by atoms with E-state index in [4.69, 9.17) is 4.74 Å². The molecule has 3 rings (SSSR count). The van der Waals surface area contributed by atoms with Crippen LogP contribution in [0.1, 0.15) is 25.3 Å². The summed E-state index contributed by atoms with van der Waals surface area (Å²) in [6.45, 7) is 3.42. The smallest absolute Gasteiger partial charge is 0.315 e. The fourth-order valence-corrected chi connectivity index (χ4v) is 3.00. The molecule has 0 aliphatic carbocycles. The van der Waals surface area contributed by atoms with Gasteiger partial charge < -0.3 is 20.4 Å². The molecule has 0 unspecified atom stereocenters. The first kappa shape index (κ1) is 14.9. The van der Waals surface area contributed by atoms with E-state index >= 15 is 0 Å². The topological polar surface area (TPSA) is 66.2 Å². The molecule has 5 nitrogen and oxygen atoms in total. The number of carbonyl (C=O) groups excluding carboxylic acids is 1. The second kappa shape index (κ2) is 6.83. The Bertz CT molecular complexity index is 632. The van der Waals surface area contributed by atoms with Gasteiger partial charge in [0.05, 0.1) is 12.1 Å². The number of rotatable bonds is 5. The van der Waals surface area contributed by atoms with Gasteiger partial charge in [0.2, 0.25) is 0 Å². The maximum atomic E-state index is 11.9. The van der Waals surface area contributed by atoms with Crippen molar-refractivity contribution in [3.63, 3.8) is 0 Å². The third-order valence-electron chi connectivity index (χ3n) is 4.24.